The standard InChI is InChI=1S/C24H18ClN3O2/c1-30-19-13-9-16(10-14-19)23-20-21(15-7-11-17(25)12-8-15)26-27-22(20)24(29)28(23)18-5-3-2-4-6-18/h2-14,23H,1H3,(H,26,27)/t23-/m0/s1. The molecule has 5 nitrogen and oxygen atoms in total. The van der Waals surface area contributed by atoms with Crippen LogP contribution < -0.4 is 9.64 Å². The minimum absolute atomic E-state index is 0.107. The number of H-pyrrole nitrogens is 1. The van der Waals surface area contributed by atoms with E-state index in [0.717, 1.165) is 33.8 Å². The number of aromatic nitrogens is 2. The predicted octanol–water partition coefficient (Wildman–Crippen LogP) is 5.49. The number of carbonyl (C=O) groups excluding carboxylic acids is 1. The monoisotopic (exact) mass is 415 g/mol. The summed E-state index contributed by atoms with van der Waals surface area (Å²) in [5.41, 5.74) is 4.81. The molecule has 4 aromatic rings. The molecule has 0 radical (unpaired) electrons. The molecule has 1 aliphatic heterocycles. The van der Waals surface area contributed by atoms with Crippen molar-refractivity contribution < 1.29 is 9.53 Å². The first-order chi connectivity index (χ1) is 14.7. The summed E-state index contributed by atoms with van der Waals surface area (Å²) in [5, 5.41) is 8.11. The molecule has 3 aromatic carbocycles. The van der Waals surface area contributed by atoms with Gasteiger partial charge in [-0.25, -0.2) is 0 Å². The van der Waals surface area contributed by atoms with Gasteiger partial charge in [-0.15, -0.1) is 0 Å². The molecule has 1 amide bonds. The first-order valence-corrected chi connectivity index (χ1v) is 9.92. The number of amides is 1. The van der Waals surface area contributed by atoms with Crippen LogP contribution in [0, 0.1) is 0 Å². The Hall–Kier alpha value is -3.57. The zero-order valence-electron chi connectivity index (χ0n) is 16.2. The number of para-hydroxylation sites is 1. The van der Waals surface area contributed by atoms with E-state index < -0.39 is 0 Å². The number of methoxy groups -OCH3 is 1. The summed E-state index contributed by atoms with van der Waals surface area (Å²) in [7, 11) is 1.64. The third kappa shape index (κ3) is 2.95. The highest BCUT2D eigenvalue weighted by Crippen LogP contribution is 2.45. The fraction of sp³-hybridized carbons (Fsp3) is 0.0833. The van der Waals surface area contributed by atoms with Gasteiger partial charge in [-0.05, 0) is 42.0 Å². The maximum atomic E-state index is 13.4. The van der Waals surface area contributed by atoms with Crippen LogP contribution in [0.25, 0.3) is 11.3 Å². The lowest BCUT2D eigenvalue weighted by molar-refractivity contribution is 0.0989. The van der Waals surface area contributed by atoms with Crippen LogP contribution in [0.15, 0.2) is 78.9 Å². The number of carbonyl (C=O) groups is 1. The number of aromatic amines is 1. The largest absolute Gasteiger partial charge is 0.497 e. The first-order valence-electron chi connectivity index (χ1n) is 9.54. The van der Waals surface area contributed by atoms with Crippen molar-refractivity contribution in [3.63, 3.8) is 0 Å². The number of anilines is 1. The third-order valence-electron chi connectivity index (χ3n) is 5.35. The van der Waals surface area contributed by atoms with Gasteiger partial charge in [0.2, 0.25) is 0 Å². The minimum atomic E-state index is -0.315. The molecule has 0 spiro atoms. The SMILES string of the molecule is COc1ccc([C@H]2c3c(-c4ccc(Cl)cc4)n[nH]c3C(=O)N2c2ccccc2)cc1. The van der Waals surface area contributed by atoms with Crippen LogP contribution in [0.2, 0.25) is 5.02 Å². The Morgan fingerprint density at radius 2 is 1.67 bits per heavy atom. The van der Waals surface area contributed by atoms with Crippen LogP contribution in [0.4, 0.5) is 5.69 Å². The molecule has 0 unspecified atom stereocenters. The molecular formula is C24H18ClN3O2. The average molecular weight is 416 g/mol. The van der Waals surface area contributed by atoms with E-state index in [0.29, 0.717) is 10.7 Å². The number of rotatable bonds is 4. The van der Waals surface area contributed by atoms with Crippen LogP contribution in [0.3, 0.4) is 0 Å². The highest BCUT2D eigenvalue weighted by molar-refractivity contribution is 6.30. The van der Waals surface area contributed by atoms with E-state index in [1.54, 1.807) is 7.11 Å². The van der Waals surface area contributed by atoms with Gasteiger partial charge in [0, 0.05) is 21.8 Å². The Morgan fingerprint density at radius 1 is 0.967 bits per heavy atom. The minimum Gasteiger partial charge on any atom is -0.497 e. The molecule has 0 fully saturated rings. The van der Waals surface area contributed by atoms with Crippen molar-refractivity contribution in [1.29, 1.82) is 0 Å². The summed E-state index contributed by atoms with van der Waals surface area (Å²) in [4.78, 5) is 15.2. The second-order valence-electron chi connectivity index (χ2n) is 7.05. The molecule has 0 saturated heterocycles. The molecule has 1 aromatic heterocycles. The number of halogens is 1. The van der Waals surface area contributed by atoms with Crippen molar-refractivity contribution in [3.8, 4) is 17.0 Å². The maximum absolute atomic E-state index is 13.4. The highest BCUT2D eigenvalue weighted by atomic mass is 35.5. The maximum Gasteiger partial charge on any atom is 0.277 e. The molecule has 0 aliphatic carbocycles. The zero-order valence-corrected chi connectivity index (χ0v) is 16.9. The predicted molar refractivity (Wildman–Crippen MR) is 117 cm³/mol. The Kier molecular flexibility index (Phi) is 4.52. The van der Waals surface area contributed by atoms with Gasteiger partial charge in [-0.3, -0.25) is 14.8 Å². The molecule has 1 aliphatic rings. The normalized spacial score (nSPS) is 15.3. The summed E-state index contributed by atoms with van der Waals surface area (Å²) < 4.78 is 5.31. The summed E-state index contributed by atoms with van der Waals surface area (Å²) in [6.45, 7) is 0. The van der Waals surface area contributed by atoms with Crippen molar-refractivity contribution in [2.45, 2.75) is 6.04 Å². The summed E-state index contributed by atoms with van der Waals surface area (Å²) in [6, 6.07) is 24.6. The lowest BCUT2D eigenvalue weighted by Gasteiger charge is -2.26. The van der Waals surface area contributed by atoms with Crippen molar-refractivity contribution in [3.05, 3.63) is 101 Å². The second-order valence-corrected chi connectivity index (χ2v) is 7.49. The molecule has 2 heterocycles. The average Bonchev–Trinajstić information content (AvgIpc) is 3.34. The topological polar surface area (TPSA) is 58.2 Å². The van der Waals surface area contributed by atoms with Gasteiger partial charge in [0.05, 0.1) is 18.8 Å². The number of hydrogen-bond donors (Lipinski definition) is 1. The lowest BCUT2D eigenvalue weighted by Crippen LogP contribution is -2.29. The van der Waals surface area contributed by atoms with E-state index in [1.165, 1.54) is 0 Å². The molecule has 0 saturated carbocycles. The molecule has 148 valence electrons. The summed E-state index contributed by atoms with van der Waals surface area (Å²) in [5.74, 6) is 0.657. The van der Waals surface area contributed by atoms with E-state index >= 15 is 0 Å². The lowest BCUT2D eigenvalue weighted by atomic mass is 9.96. The molecular weight excluding hydrogens is 398 g/mol. The second kappa shape index (κ2) is 7.35. The van der Waals surface area contributed by atoms with Crippen molar-refractivity contribution in [2.75, 3.05) is 12.0 Å². The Labute approximate surface area is 178 Å². The van der Waals surface area contributed by atoms with Crippen LogP contribution in [0.1, 0.15) is 27.7 Å². The van der Waals surface area contributed by atoms with Gasteiger partial charge in [-0.2, -0.15) is 5.10 Å². The fourth-order valence-electron chi connectivity index (χ4n) is 3.93. The van der Waals surface area contributed by atoms with Gasteiger partial charge in [0.15, 0.2) is 0 Å². The van der Waals surface area contributed by atoms with Crippen LogP contribution in [-0.4, -0.2) is 23.2 Å². The Balaban J connectivity index is 1.70. The highest BCUT2D eigenvalue weighted by Gasteiger charge is 2.43. The molecule has 1 atom stereocenters. The van der Waals surface area contributed by atoms with Crippen LogP contribution >= 0.6 is 11.6 Å². The number of benzene rings is 3. The summed E-state index contributed by atoms with van der Waals surface area (Å²) in [6.07, 6.45) is 0. The van der Waals surface area contributed by atoms with E-state index in [1.807, 2.05) is 83.8 Å². The number of hydrogen-bond acceptors (Lipinski definition) is 3. The van der Waals surface area contributed by atoms with Gasteiger partial charge in [0.25, 0.3) is 5.91 Å². The smallest absolute Gasteiger partial charge is 0.277 e. The first kappa shape index (κ1) is 18.5. The third-order valence-corrected chi connectivity index (χ3v) is 5.60. The Morgan fingerprint density at radius 3 is 2.33 bits per heavy atom. The van der Waals surface area contributed by atoms with Crippen LogP contribution in [-0.2, 0) is 0 Å². The van der Waals surface area contributed by atoms with Gasteiger partial charge in [0.1, 0.15) is 11.4 Å². The van der Waals surface area contributed by atoms with Crippen molar-refractivity contribution in [1.82, 2.24) is 10.2 Å². The van der Waals surface area contributed by atoms with E-state index in [-0.39, 0.29) is 11.9 Å². The number of ether oxygens (including phenoxy) is 1. The number of nitrogens with one attached hydrogen (secondary N) is 1. The summed E-state index contributed by atoms with van der Waals surface area (Å²) >= 11 is 6.07. The molecule has 5 rings (SSSR count). The number of nitrogens with zero attached hydrogens (tertiary/aromatic N) is 2. The van der Waals surface area contributed by atoms with Gasteiger partial charge >= 0.3 is 0 Å². The van der Waals surface area contributed by atoms with E-state index in [9.17, 15) is 4.79 Å². The molecule has 0 bridgehead atoms. The van der Waals surface area contributed by atoms with Gasteiger partial charge in [-0.1, -0.05) is 54.1 Å². The van der Waals surface area contributed by atoms with Gasteiger partial charge < -0.3 is 4.74 Å². The zero-order chi connectivity index (χ0) is 20.7. The number of fused-ring (bicyclic) bond motifs is 1. The molecule has 1 N–H and O–H groups in total. The van der Waals surface area contributed by atoms with Crippen molar-refractivity contribution >= 4 is 23.2 Å². The quantitative estimate of drug-likeness (QED) is 0.479. The Bertz CT molecular complexity index is 1200. The molecule has 6 heteroatoms. The van der Waals surface area contributed by atoms with E-state index in [2.05, 4.69) is 10.2 Å². The molecule has 30 heavy (non-hydrogen) atoms. The fourth-order valence-corrected chi connectivity index (χ4v) is 4.06. The van der Waals surface area contributed by atoms with Crippen molar-refractivity contribution in [2.24, 2.45) is 0 Å². The van der Waals surface area contributed by atoms with E-state index in [4.69, 9.17) is 16.3 Å². The van der Waals surface area contributed by atoms with Crippen LogP contribution in [0.5, 0.6) is 5.75 Å².